The van der Waals surface area contributed by atoms with Crippen LogP contribution in [0.4, 0.5) is 0 Å². The Morgan fingerprint density at radius 1 is 1.18 bits per heavy atom. The van der Waals surface area contributed by atoms with Crippen molar-refractivity contribution in [3.8, 4) is 11.5 Å². The first-order valence-electron chi connectivity index (χ1n) is 11.0. The predicted octanol–water partition coefficient (Wildman–Crippen LogP) is 5.09. The topological polar surface area (TPSA) is 63.7 Å². The number of halogens is 1. The molecule has 1 amide bonds. The lowest BCUT2D eigenvalue weighted by Gasteiger charge is -2.32. The van der Waals surface area contributed by atoms with Crippen molar-refractivity contribution in [1.29, 1.82) is 0 Å². The third-order valence-electron chi connectivity index (χ3n) is 5.73. The Bertz CT molecular complexity index is 1080. The number of ether oxygens (including phenoxy) is 2. The minimum absolute atomic E-state index is 0.0501. The minimum atomic E-state index is -0.0501. The van der Waals surface area contributed by atoms with Crippen LogP contribution in [-0.4, -0.2) is 42.0 Å². The number of benzene rings is 2. The second-order valence-corrected chi connectivity index (χ2v) is 9.62. The molecule has 6 nitrogen and oxygen atoms in total. The van der Waals surface area contributed by atoms with Crippen molar-refractivity contribution in [1.82, 2.24) is 15.2 Å². The van der Waals surface area contributed by atoms with Gasteiger partial charge in [-0.05, 0) is 50.1 Å². The SMILES string of the molecule is COc1ccccc1CN1CCC(NC(=O)c2sc(COc3ccc(Cl)cc3)nc2C)CC1. The summed E-state index contributed by atoms with van der Waals surface area (Å²) in [6, 6.07) is 15.5. The third kappa shape index (κ3) is 6.25. The Morgan fingerprint density at radius 3 is 2.64 bits per heavy atom. The maximum absolute atomic E-state index is 12.9. The van der Waals surface area contributed by atoms with Gasteiger partial charge in [-0.25, -0.2) is 4.98 Å². The number of para-hydroxylation sites is 1. The molecule has 1 aromatic heterocycles. The summed E-state index contributed by atoms with van der Waals surface area (Å²) in [4.78, 5) is 20.5. The summed E-state index contributed by atoms with van der Waals surface area (Å²) in [6.45, 7) is 4.92. The zero-order valence-corrected chi connectivity index (χ0v) is 20.4. The van der Waals surface area contributed by atoms with E-state index in [-0.39, 0.29) is 11.9 Å². The Balaban J connectivity index is 1.27. The largest absolute Gasteiger partial charge is 0.496 e. The van der Waals surface area contributed by atoms with Crippen molar-refractivity contribution >= 4 is 28.8 Å². The summed E-state index contributed by atoms with van der Waals surface area (Å²) < 4.78 is 11.2. The van der Waals surface area contributed by atoms with Gasteiger partial charge in [0.1, 0.15) is 28.0 Å². The first-order valence-corrected chi connectivity index (χ1v) is 12.2. The van der Waals surface area contributed by atoms with Crippen LogP contribution in [0.5, 0.6) is 11.5 Å². The van der Waals surface area contributed by atoms with E-state index in [1.165, 1.54) is 16.9 Å². The number of methoxy groups -OCH3 is 1. The number of carbonyl (C=O) groups excluding carboxylic acids is 1. The number of nitrogens with zero attached hydrogens (tertiary/aromatic N) is 2. The zero-order valence-electron chi connectivity index (χ0n) is 18.8. The highest BCUT2D eigenvalue weighted by molar-refractivity contribution is 7.13. The highest BCUT2D eigenvalue weighted by atomic mass is 35.5. The van der Waals surface area contributed by atoms with Crippen LogP contribution >= 0.6 is 22.9 Å². The number of thiazole rings is 1. The number of nitrogens with one attached hydrogen (secondary N) is 1. The molecular formula is C25H28ClN3O3S. The number of rotatable bonds is 8. The molecule has 1 saturated heterocycles. The number of amides is 1. The molecule has 0 bridgehead atoms. The fourth-order valence-corrected chi connectivity index (χ4v) is 4.97. The quantitative estimate of drug-likeness (QED) is 0.481. The molecule has 1 fully saturated rings. The van der Waals surface area contributed by atoms with Crippen molar-refractivity contribution in [2.24, 2.45) is 0 Å². The summed E-state index contributed by atoms with van der Waals surface area (Å²) in [6.07, 6.45) is 1.84. The monoisotopic (exact) mass is 485 g/mol. The molecule has 0 atom stereocenters. The standard InChI is InChI=1S/C25H28ClN3O3S/c1-17-24(33-23(27-17)16-32-21-9-7-19(26)8-10-21)25(30)28-20-11-13-29(14-12-20)15-18-5-3-4-6-22(18)31-2/h3-10,20H,11-16H2,1-2H3,(H,28,30). The van der Waals surface area contributed by atoms with Gasteiger partial charge in [0.15, 0.2) is 0 Å². The number of aromatic nitrogens is 1. The molecule has 0 saturated carbocycles. The van der Waals surface area contributed by atoms with Crippen LogP contribution in [0.15, 0.2) is 48.5 Å². The predicted molar refractivity (Wildman–Crippen MR) is 131 cm³/mol. The fraction of sp³-hybridized carbons (Fsp3) is 0.360. The first kappa shape index (κ1) is 23.5. The third-order valence-corrected chi connectivity index (χ3v) is 7.11. The lowest BCUT2D eigenvalue weighted by Crippen LogP contribution is -2.44. The maximum Gasteiger partial charge on any atom is 0.263 e. The molecule has 2 heterocycles. The van der Waals surface area contributed by atoms with E-state index in [1.807, 2.05) is 37.3 Å². The molecular weight excluding hydrogens is 458 g/mol. The van der Waals surface area contributed by atoms with Crippen molar-refractivity contribution < 1.29 is 14.3 Å². The molecule has 1 N–H and O–H groups in total. The van der Waals surface area contributed by atoms with Gasteiger partial charge in [-0.2, -0.15) is 0 Å². The van der Waals surface area contributed by atoms with E-state index in [0.29, 0.717) is 16.5 Å². The molecule has 3 aromatic rings. The number of carbonyl (C=O) groups is 1. The summed E-state index contributed by atoms with van der Waals surface area (Å²) >= 11 is 7.29. The molecule has 4 rings (SSSR count). The summed E-state index contributed by atoms with van der Waals surface area (Å²) in [5.41, 5.74) is 1.93. The van der Waals surface area contributed by atoms with Gasteiger partial charge in [-0.15, -0.1) is 11.3 Å². The molecule has 33 heavy (non-hydrogen) atoms. The smallest absolute Gasteiger partial charge is 0.263 e. The van der Waals surface area contributed by atoms with Crippen LogP contribution < -0.4 is 14.8 Å². The lowest BCUT2D eigenvalue weighted by atomic mass is 10.0. The zero-order chi connectivity index (χ0) is 23.2. The van der Waals surface area contributed by atoms with Gasteiger partial charge in [0.25, 0.3) is 5.91 Å². The second kappa shape index (κ2) is 11.0. The van der Waals surface area contributed by atoms with E-state index in [2.05, 4.69) is 21.3 Å². The molecule has 174 valence electrons. The molecule has 0 unspecified atom stereocenters. The van der Waals surface area contributed by atoms with Crippen molar-refractivity contribution in [2.45, 2.75) is 39.0 Å². The molecule has 0 spiro atoms. The fourth-order valence-electron chi connectivity index (χ4n) is 3.96. The van der Waals surface area contributed by atoms with Crippen molar-refractivity contribution in [3.05, 3.63) is 74.7 Å². The summed E-state index contributed by atoms with van der Waals surface area (Å²) in [5, 5.41) is 4.64. The van der Waals surface area contributed by atoms with Crippen LogP contribution in [0, 0.1) is 6.92 Å². The van der Waals surface area contributed by atoms with Gasteiger partial charge >= 0.3 is 0 Å². The Kier molecular flexibility index (Phi) is 7.85. The van der Waals surface area contributed by atoms with Crippen molar-refractivity contribution in [3.63, 3.8) is 0 Å². The lowest BCUT2D eigenvalue weighted by molar-refractivity contribution is 0.0912. The number of aryl methyl sites for hydroxylation is 1. The van der Waals surface area contributed by atoms with Crippen LogP contribution in [0.2, 0.25) is 5.02 Å². The van der Waals surface area contributed by atoms with Gasteiger partial charge in [-0.1, -0.05) is 29.8 Å². The number of hydrogen-bond acceptors (Lipinski definition) is 6. The van der Waals surface area contributed by atoms with Crippen molar-refractivity contribution in [2.75, 3.05) is 20.2 Å². The first-order chi connectivity index (χ1) is 16.0. The Morgan fingerprint density at radius 2 is 1.91 bits per heavy atom. The second-order valence-electron chi connectivity index (χ2n) is 8.10. The van der Waals surface area contributed by atoms with Crippen LogP contribution in [0.3, 0.4) is 0 Å². The molecule has 2 aromatic carbocycles. The van der Waals surface area contributed by atoms with E-state index >= 15 is 0 Å². The average molecular weight is 486 g/mol. The van der Waals surface area contributed by atoms with Gasteiger partial charge in [0.2, 0.25) is 0 Å². The van der Waals surface area contributed by atoms with Crippen LogP contribution in [-0.2, 0) is 13.2 Å². The summed E-state index contributed by atoms with van der Waals surface area (Å²) in [5.74, 6) is 1.59. The van der Waals surface area contributed by atoms with E-state index in [1.54, 1.807) is 19.2 Å². The Hall–Kier alpha value is -2.61. The molecule has 1 aliphatic heterocycles. The Labute approximate surface area is 203 Å². The van der Waals surface area contributed by atoms with E-state index in [4.69, 9.17) is 21.1 Å². The molecule has 0 radical (unpaired) electrons. The minimum Gasteiger partial charge on any atom is -0.496 e. The van der Waals surface area contributed by atoms with E-state index < -0.39 is 0 Å². The number of piperidine rings is 1. The maximum atomic E-state index is 12.9. The molecule has 1 aliphatic rings. The number of likely N-dealkylation sites (tertiary alicyclic amines) is 1. The van der Waals surface area contributed by atoms with Crippen LogP contribution in [0.25, 0.3) is 0 Å². The highest BCUT2D eigenvalue weighted by Gasteiger charge is 2.24. The van der Waals surface area contributed by atoms with E-state index in [9.17, 15) is 4.79 Å². The van der Waals surface area contributed by atoms with Gasteiger partial charge in [0, 0.05) is 36.3 Å². The number of hydrogen-bond donors (Lipinski definition) is 1. The van der Waals surface area contributed by atoms with E-state index in [0.717, 1.165) is 54.7 Å². The van der Waals surface area contributed by atoms with Gasteiger partial charge in [-0.3, -0.25) is 9.69 Å². The molecule has 0 aliphatic carbocycles. The van der Waals surface area contributed by atoms with Gasteiger partial charge < -0.3 is 14.8 Å². The van der Waals surface area contributed by atoms with Crippen LogP contribution in [0.1, 0.15) is 38.8 Å². The van der Waals surface area contributed by atoms with Gasteiger partial charge in [0.05, 0.1) is 12.8 Å². The molecule has 8 heteroatoms. The average Bonchev–Trinajstić information content (AvgIpc) is 3.21. The highest BCUT2D eigenvalue weighted by Crippen LogP contribution is 2.24. The summed E-state index contributed by atoms with van der Waals surface area (Å²) in [7, 11) is 1.71. The normalized spacial score (nSPS) is 14.8.